The maximum Gasteiger partial charge on any atom is 0.264 e. The van der Waals surface area contributed by atoms with Crippen LogP contribution in [0.1, 0.15) is 69.1 Å². The quantitative estimate of drug-likeness (QED) is 0.254. The molecule has 3 aromatic rings. The highest BCUT2D eigenvalue weighted by Crippen LogP contribution is 2.27. The van der Waals surface area contributed by atoms with Crippen LogP contribution in [0.2, 0.25) is 0 Å². The summed E-state index contributed by atoms with van der Waals surface area (Å²) < 4.78 is 30.1. The predicted octanol–water partition coefficient (Wildman–Crippen LogP) is 6.55. The number of hydrogen-bond donors (Lipinski definition) is 1. The van der Waals surface area contributed by atoms with Gasteiger partial charge in [-0.05, 0) is 80.1 Å². The van der Waals surface area contributed by atoms with Gasteiger partial charge in [-0.1, -0.05) is 84.6 Å². The smallest absolute Gasteiger partial charge is 0.264 e. The van der Waals surface area contributed by atoms with Crippen molar-refractivity contribution >= 4 is 43.5 Å². The van der Waals surface area contributed by atoms with E-state index in [1.165, 1.54) is 4.90 Å². The lowest BCUT2D eigenvalue weighted by atomic mass is 10.0. The minimum absolute atomic E-state index is 0.0967. The number of aryl methyl sites for hydroxylation is 1. The van der Waals surface area contributed by atoms with E-state index in [0.29, 0.717) is 5.69 Å². The van der Waals surface area contributed by atoms with Gasteiger partial charge in [0, 0.05) is 17.1 Å². The first-order chi connectivity index (χ1) is 20.0. The SMILES string of the molecule is Cc1ccc(S(=O)(=O)N(CC(=O)N(Cc2cccc(Br)c2)[C@H](C)C(=O)NC2CCCC2)c2ccc(C(C)C)cc2)cc1. The van der Waals surface area contributed by atoms with Gasteiger partial charge in [-0.15, -0.1) is 0 Å². The van der Waals surface area contributed by atoms with Gasteiger partial charge in [-0.25, -0.2) is 8.42 Å². The van der Waals surface area contributed by atoms with Crippen LogP contribution in [-0.2, 0) is 26.2 Å². The molecule has 1 aliphatic carbocycles. The summed E-state index contributed by atoms with van der Waals surface area (Å²) in [5.74, 6) is -0.435. The number of halogens is 1. The van der Waals surface area contributed by atoms with Crippen LogP contribution < -0.4 is 9.62 Å². The normalized spacial score (nSPS) is 14.5. The highest BCUT2D eigenvalue weighted by Gasteiger charge is 2.33. The monoisotopic (exact) mass is 653 g/mol. The van der Waals surface area contributed by atoms with E-state index in [4.69, 9.17) is 0 Å². The van der Waals surface area contributed by atoms with Crippen molar-refractivity contribution < 1.29 is 18.0 Å². The fourth-order valence-corrected chi connectivity index (χ4v) is 7.06. The third-order valence-electron chi connectivity index (χ3n) is 7.85. The lowest BCUT2D eigenvalue weighted by Crippen LogP contribution is -2.52. The molecule has 0 bridgehead atoms. The largest absolute Gasteiger partial charge is 0.352 e. The van der Waals surface area contributed by atoms with Crippen molar-refractivity contribution in [2.24, 2.45) is 0 Å². The van der Waals surface area contributed by atoms with Crippen LogP contribution in [0.25, 0.3) is 0 Å². The molecule has 2 amide bonds. The van der Waals surface area contributed by atoms with Gasteiger partial charge >= 0.3 is 0 Å². The van der Waals surface area contributed by atoms with E-state index >= 15 is 0 Å². The molecule has 1 aliphatic rings. The third-order valence-corrected chi connectivity index (χ3v) is 10.1. The summed E-state index contributed by atoms with van der Waals surface area (Å²) in [6, 6.07) is 20.7. The summed E-state index contributed by atoms with van der Waals surface area (Å²) in [4.78, 5) is 29.1. The van der Waals surface area contributed by atoms with Gasteiger partial charge < -0.3 is 10.2 Å². The number of rotatable bonds is 11. The summed E-state index contributed by atoms with van der Waals surface area (Å²) >= 11 is 3.49. The van der Waals surface area contributed by atoms with Crippen LogP contribution in [-0.4, -0.2) is 43.8 Å². The number of carbonyl (C=O) groups is 2. The Balaban J connectivity index is 1.70. The van der Waals surface area contributed by atoms with Crippen molar-refractivity contribution in [2.45, 2.75) is 82.8 Å². The third kappa shape index (κ3) is 7.81. The molecular weight excluding hydrogens is 614 g/mol. The van der Waals surface area contributed by atoms with Crippen LogP contribution in [0.3, 0.4) is 0 Å². The fourth-order valence-electron chi connectivity index (χ4n) is 5.20. The lowest BCUT2D eigenvalue weighted by Gasteiger charge is -2.32. The van der Waals surface area contributed by atoms with Gasteiger partial charge in [0.25, 0.3) is 10.0 Å². The molecule has 0 unspecified atom stereocenters. The molecule has 3 aromatic carbocycles. The molecule has 1 fully saturated rings. The van der Waals surface area contributed by atoms with Crippen molar-refractivity contribution in [3.05, 3.63) is 94.0 Å². The number of amides is 2. The summed E-state index contributed by atoms with van der Waals surface area (Å²) in [5.41, 5.74) is 3.21. The zero-order chi connectivity index (χ0) is 30.4. The van der Waals surface area contributed by atoms with Gasteiger partial charge in [0.15, 0.2) is 0 Å². The molecular formula is C33H40BrN3O4S. The predicted molar refractivity (Wildman–Crippen MR) is 171 cm³/mol. The molecule has 224 valence electrons. The molecule has 4 rings (SSSR count). The van der Waals surface area contributed by atoms with Crippen LogP contribution in [0.15, 0.2) is 82.2 Å². The standard InChI is InChI=1S/C33H40BrN3O4S/c1-23(2)27-14-16-30(17-15-27)37(42(40,41)31-18-12-24(3)13-19-31)22-32(38)36(21-26-8-7-9-28(34)20-26)25(4)33(39)35-29-10-5-6-11-29/h7-9,12-20,23,25,29H,5-6,10-11,21-22H2,1-4H3,(H,35,39)/t25-/m1/s1. The van der Waals surface area contributed by atoms with E-state index in [1.807, 2.05) is 43.3 Å². The average Bonchev–Trinajstić information content (AvgIpc) is 3.47. The Bertz CT molecular complexity index is 1480. The topological polar surface area (TPSA) is 86.8 Å². The molecule has 0 aliphatic heterocycles. The second-order valence-corrected chi connectivity index (χ2v) is 14.2. The van der Waals surface area contributed by atoms with Gasteiger partial charge in [0.2, 0.25) is 11.8 Å². The number of hydrogen-bond acceptors (Lipinski definition) is 4. The first-order valence-electron chi connectivity index (χ1n) is 14.5. The number of benzene rings is 3. The molecule has 0 aromatic heterocycles. The molecule has 0 saturated heterocycles. The minimum atomic E-state index is -4.10. The molecule has 1 N–H and O–H groups in total. The Morgan fingerprint density at radius 1 is 0.952 bits per heavy atom. The van der Waals surface area contributed by atoms with Gasteiger partial charge in [0.05, 0.1) is 10.6 Å². The summed E-state index contributed by atoms with van der Waals surface area (Å²) in [6.07, 6.45) is 3.99. The number of anilines is 1. The summed E-state index contributed by atoms with van der Waals surface area (Å²) in [5, 5.41) is 3.10. The van der Waals surface area contributed by atoms with E-state index in [0.717, 1.165) is 51.2 Å². The van der Waals surface area contributed by atoms with Gasteiger partial charge in [0.1, 0.15) is 12.6 Å². The van der Waals surface area contributed by atoms with Crippen molar-refractivity contribution in [2.75, 3.05) is 10.8 Å². The molecule has 0 radical (unpaired) electrons. The Labute approximate surface area is 258 Å². The number of carbonyl (C=O) groups excluding carboxylic acids is 2. The Hall–Kier alpha value is -3.17. The first kappa shape index (κ1) is 31.8. The van der Waals surface area contributed by atoms with Gasteiger partial charge in [-0.2, -0.15) is 0 Å². The Morgan fingerprint density at radius 2 is 1.60 bits per heavy atom. The average molecular weight is 655 g/mol. The maximum absolute atomic E-state index is 14.1. The molecule has 1 atom stereocenters. The summed E-state index contributed by atoms with van der Waals surface area (Å²) in [7, 11) is -4.10. The molecule has 7 nitrogen and oxygen atoms in total. The number of nitrogens with one attached hydrogen (secondary N) is 1. The van der Waals surface area contributed by atoms with E-state index in [2.05, 4.69) is 35.1 Å². The second-order valence-electron chi connectivity index (χ2n) is 11.4. The van der Waals surface area contributed by atoms with Crippen LogP contribution >= 0.6 is 15.9 Å². The Morgan fingerprint density at radius 3 is 2.19 bits per heavy atom. The minimum Gasteiger partial charge on any atom is -0.352 e. The van der Waals surface area contributed by atoms with Crippen molar-refractivity contribution in [3.8, 4) is 0 Å². The van der Waals surface area contributed by atoms with Crippen molar-refractivity contribution in [1.82, 2.24) is 10.2 Å². The molecule has 0 spiro atoms. The zero-order valence-corrected chi connectivity index (χ0v) is 27.1. The van der Waals surface area contributed by atoms with Crippen LogP contribution in [0.4, 0.5) is 5.69 Å². The lowest BCUT2D eigenvalue weighted by molar-refractivity contribution is -0.139. The zero-order valence-electron chi connectivity index (χ0n) is 24.7. The van der Waals surface area contributed by atoms with E-state index < -0.39 is 28.5 Å². The van der Waals surface area contributed by atoms with E-state index in [9.17, 15) is 18.0 Å². The molecule has 9 heteroatoms. The number of nitrogens with zero attached hydrogens (tertiary/aromatic N) is 2. The molecule has 0 heterocycles. The van der Waals surface area contributed by atoms with Crippen molar-refractivity contribution in [1.29, 1.82) is 0 Å². The van der Waals surface area contributed by atoms with Crippen molar-refractivity contribution in [3.63, 3.8) is 0 Å². The first-order valence-corrected chi connectivity index (χ1v) is 16.7. The maximum atomic E-state index is 14.1. The molecule has 1 saturated carbocycles. The van der Waals surface area contributed by atoms with Crippen LogP contribution in [0, 0.1) is 6.92 Å². The van der Waals surface area contributed by atoms with E-state index in [1.54, 1.807) is 43.3 Å². The van der Waals surface area contributed by atoms with Crippen LogP contribution in [0.5, 0.6) is 0 Å². The van der Waals surface area contributed by atoms with E-state index in [-0.39, 0.29) is 29.3 Å². The highest BCUT2D eigenvalue weighted by molar-refractivity contribution is 9.10. The fraction of sp³-hybridized carbons (Fsp3) is 0.394. The number of sulfonamides is 1. The summed E-state index contributed by atoms with van der Waals surface area (Å²) in [6.45, 7) is 7.43. The molecule has 42 heavy (non-hydrogen) atoms. The Kier molecular flexibility index (Phi) is 10.5. The highest BCUT2D eigenvalue weighted by atomic mass is 79.9. The van der Waals surface area contributed by atoms with Gasteiger partial charge in [-0.3, -0.25) is 13.9 Å². The second kappa shape index (κ2) is 13.9.